The van der Waals surface area contributed by atoms with Crippen molar-refractivity contribution in [3.8, 4) is 0 Å². The number of amidine groups is 1. The van der Waals surface area contributed by atoms with Gasteiger partial charge in [-0.25, -0.2) is 10.2 Å². The third-order valence-electron chi connectivity index (χ3n) is 4.08. The van der Waals surface area contributed by atoms with E-state index in [1.54, 1.807) is 11.8 Å². The second-order valence-electron chi connectivity index (χ2n) is 6.13. The molecule has 0 spiro atoms. The fourth-order valence-corrected chi connectivity index (χ4v) is 3.45. The minimum Gasteiger partial charge on any atom is -0.335 e. The largest absolute Gasteiger partial charge is 0.339 e. The second-order valence-corrected chi connectivity index (χ2v) is 7.41. The van der Waals surface area contributed by atoms with Crippen molar-refractivity contribution in [2.24, 2.45) is 10.1 Å². The van der Waals surface area contributed by atoms with Gasteiger partial charge >= 0.3 is 6.03 Å². The number of rotatable bonds is 5. The monoisotopic (exact) mass is 381 g/mol. The van der Waals surface area contributed by atoms with Gasteiger partial charge in [-0.15, -0.1) is 0 Å². The molecule has 1 atom stereocenters. The van der Waals surface area contributed by atoms with Crippen molar-refractivity contribution >= 4 is 40.0 Å². The van der Waals surface area contributed by atoms with Crippen LogP contribution >= 0.6 is 11.8 Å². The number of carbonyl (C=O) groups excluding carboxylic acids is 1. The first-order valence-electron chi connectivity index (χ1n) is 8.89. The molecule has 0 bridgehead atoms. The van der Waals surface area contributed by atoms with E-state index in [4.69, 9.17) is 0 Å². The predicted molar refractivity (Wildman–Crippen MR) is 115 cm³/mol. The van der Waals surface area contributed by atoms with Crippen LogP contribution in [0.3, 0.4) is 0 Å². The van der Waals surface area contributed by atoms with Gasteiger partial charge in [-0.05, 0) is 43.2 Å². The summed E-state index contributed by atoms with van der Waals surface area (Å²) in [5.41, 5.74) is 5.89. The van der Waals surface area contributed by atoms with Gasteiger partial charge in [-0.3, -0.25) is 4.99 Å². The zero-order valence-electron chi connectivity index (χ0n) is 15.4. The summed E-state index contributed by atoms with van der Waals surface area (Å²) >= 11 is 1.79. The first-order valence-corrected chi connectivity index (χ1v) is 9.77. The summed E-state index contributed by atoms with van der Waals surface area (Å²) in [6, 6.07) is 16.8. The highest BCUT2D eigenvalue weighted by atomic mass is 32.2. The molecule has 1 heterocycles. The second kappa shape index (κ2) is 9.23. The molecular formula is C20H23N5OS. The summed E-state index contributed by atoms with van der Waals surface area (Å²) in [7, 11) is 0. The van der Waals surface area contributed by atoms with E-state index in [-0.39, 0.29) is 6.03 Å². The van der Waals surface area contributed by atoms with Crippen molar-refractivity contribution in [3.05, 3.63) is 60.2 Å². The van der Waals surface area contributed by atoms with Gasteiger partial charge < -0.3 is 10.6 Å². The summed E-state index contributed by atoms with van der Waals surface area (Å²) in [5, 5.41) is 11.8. The molecule has 1 aliphatic rings. The molecular weight excluding hydrogens is 358 g/mol. The molecule has 0 aliphatic carbocycles. The third-order valence-corrected chi connectivity index (χ3v) is 5.35. The van der Waals surface area contributed by atoms with E-state index in [1.165, 1.54) is 0 Å². The van der Waals surface area contributed by atoms with Gasteiger partial charge in [0.1, 0.15) is 0 Å². The van der Waals surface area contributed by atoms with Crippen molar-refractivity contribution in [2.75, 3.05) is 17.2 Å². The molecule has 0 fully saturated rings. The standard InChI is InChI=1S/C20H23N5OS/c1-3-18-13-21-20(27-18)23-17-11-9-15(10-12-17)14(2)24-25-19(26)22-16-7-5-4-6-8-16/h4-12,18H,3,13H2,1-2H3,(H,21,23)(H2,22,25,26)/b24-14-/t18-/m1/s1. The van der Waals surface area contributed by atoms with Crippen LogP contribution in [0.15, 0.2) is 64.7 Å². The topological polar surface area (TPSA) is 77.9 Å². The zero-order valence-corrected chi connectivity index (χ0v) is 16.2. The lowest BCUT2D eigenvalue weighted by Gasteiger charge is -2.08. The van der Waals surface area contributed by atoms with E-state index >= 15 is 0 Å². The quantitative estimate of drug-likeness (QED) is 0.526. The van der Waals surface area contributed by atoms with Crippen LogP contribution in [0, 0.1) is 0 Å². The maximum absolute atomic E-state index is 11.9. The Bertz CT molecular complexity index is 833. The number of nitrogens with one attached hydrogen (secondary N) is 3. The van der Waals surface area contributed by atoms with E-state index in [1.807, 2.05) is 61.5 Å². The van der Waals surface area contributed by atoms with Crippen molar-refractivity contribution in [2.45, 2.75) is 25.5 Å². The maximum atomic E-state index is 11.9. The van der Waals surface area contributed by atoms with Crippen molar-refractivity contribution in [1.29, 1.82) is 0 Å². The van der Waals surface area contributed by atoms with Crippen LogP contribution in [-0.2, 0) is 0 Å². The number of amides is 2. The lowest BCUT2D eigenvalue weighted by atomic mass is 10.1. The number of thioether (sulfide) groups is 1. The normalized spacial score (nSPS) is 16.6. The summed E-state index contributed by atoms with van der Waals surface area (Å²) in [4.78, 5) is 16.4. The molecule has 140 valence electrons. The highest BCUT2D eigenvalue weighted by Crippen LogP contribution is 2.24. The Balaban J connectivity index is 1.53. The number of hydrazone groups is 1. The Morgan fingerprint density at radius 2 is 1.89 bits per heavy atom. The summed E-state index contributed by atoms with van der Waals surface area (Å²) in [6.45, 7) is 4.92. The molecule has 2 aromatic carbocycles. The Morgan fingerprint density at radius 3 is 2.56 bits per heavy atom. The van der Waals surface area contributed by atoms with Crippen LogP contribution in [0.4, 0.5) is 16.2 Å². The van der Waals surface area contributed by atoms with Crippen LogP contribution < -0.4 is 16.1 Å². The van der Waals surface area contributed by atoms with E-state index in [0.717, 1.165) is 40.8 Å². The molecule has 0 saturated heterocycles. The number of urea groups is 1. The fourth-order valence-electron chi connectivity index (χ4n) is 2.50. The van der Waals surface area contributed by atoms with Gasteiger partial charge in [0, 0.05) is 16.6 Å². The molecule has 2 aromatic rings. The highest BCUT2D eigenvalue weighted by Gasteiger charge is 2.17. The van der Waals surface area contributed by atoms with Gasteiger partial charge in [-0.1, -0.05) is 49.0 Å². The van der Waals surface area contributed by atoms with Crippen molar-refractivity contribution in [1.82, 2.24) is 5.43 Å². The van der Waals surface area contributed by atoms with Crippen LogP contribution in [0.1, 0.15) is 25.8 Å². The SMILES string of the molecule is CC[C@@H]1CN=C(Nc2ccc(/C(C)=N\NC(=O)Nc3ccccc3)cc2)S1. The average molecular weight is 382 g/mol. The van der Waals surface area contributed by atoms with Gasteiger partial charge in [0.2, 0.25) is 0 Å². The highest BCUT2D eigenvalue weighted by molar-refractivity contribution is 8.15. The van der Waals surface area contributed by atoms with E-state index in [9.17, 15) is 4.79 Å². The number of aliphatic imine (C=N–C) groups is 1. The maximum Gasteiger partial charge on any atom is 0.339 e. The Kier molecular flexibility index (Phi) is 6.49. The first-order chi connectivity index (χ1) is 13.1. The van der Waals surface area contributed by atoms with Crippen molar-refractivity contribution < 1.29 is 4.79 Å². The molecule has 3 N–H and O–H groups in total. The average Bonchev–Trinajstić information content (AvgIpc) is 3.15. The van der Waals surface area contributed by atoms with Gasteiger partial charge in [-0.2, -0.15) is 5.10 Å². The summed E-state index contributed by atoms with van der Waals surface area (Å²) in [6.07, 6.45) is 1.12. The number of nitrogens with zero attached hydrogens (tertiary/aromatic N) is 2. The Morgan fingerprint density at radius 1 is 1.15 bits per heavy atom. The van der Waals surface area contributed by atoms with Gasteiger partial charge in [0.25, 0.3) is 0 Å². The lowest BCUT2D eigenvalue weighted by Crippen LogP contribution is -2.25. The molecule has 3 rings (SSSR count). The van der Waals surface area contributed by atoms with Gasteiger partial charge in [0.05, 0.1) is 12.3 Å². The number of anilines is 2. The minimum atomic E-state index is -0.374. The van der Waals surface area contributed by atoms with Crippen LogP contribution in [0.5, 0.6) is 0 Å². The summed E-state index contributed by atoms with van der Waals surface area (Å²) in [5.74, 6) is 0. The number of hydrogen-bond donors (Lipinski definition) is 3. The van der Waals surface area contributed by atoms with Crippen LogP contribution in [0.25, 0.3) is 0 Å². The molecule has 6 nitrogen and oxygen atoms in total. The molecule has 0 radical (unpaired) electrons. The van der Waals surface area contributed by atoms with Crippen molar-refractivity contribution in [3.63, 3.8) is 0 Å². The van der Waals surface area contributed by atoms with E-state index in [0.29, 0.717) is 5.25 Å². The number of para-hydroxylation sites is 1. The molecule has 0 saturated carbocycles. The molecule has 1 aliphatic heterocycles. The molecule has 2 amide bonds. The zero-order chi connectivity index (χ0) is 19.1. The fraction of sp³-hybridized carbons (Fsp3) is 0.250. The lowest BCUT2D eigenvalue weighted by molar-refractivity contribution is 0.252. The summed E-state index contributed by atoms with van der Waals surface area (Å²) < 4.78 is 0. The Labute approximate surface area is 163 Å². The smallest absolute Gasteiger partial charge is 0.335 e. The number of carbonyl (C=O) groups is 1. The van der Waals surface area contributed by atoms with E-state index < -0.39 is 0 Å². The number of hydrogen-bond acceptors (Lipinski definition) is 5. The molecule has 7 heteroatoms. The van der Waals surface area contributed by atoms with Gasteiger partial charge in [0.15, 0.2) is 5.17 Å². The molecule has 0 aromatic heterocycles. The predicted octanol–water partition coefficient (Wildman–Crippen LogP) is 4.53. The first kappa shape index (κ1) is 19.0. The Hall–Kier alpha value is -2.80. The third kappa shape index (κ3) is 5.59. The molecule has 27 heavy (non-hydrogen) atoms. The minimum absolute atomic E-state index is 0.374. The number of benzene rings is 2. The van der Waals surface area contributed by atoms with E-state index in [2.05, 4.69) is 33.1 Å². The van der Waals surface area contributed by atoms with Crippen LogP contribution in [0.2, 0.25) is 0 Å². The molecule has 0 unspecified atom stereocenters. The van der Waals surface area contributed by atoms with Crippen LogP contribution in [-0.4, -0.2) is 28.7 Å².